The number of ketones is 1. The predicted octanol–water partition coefficient (Wildman–Crippen LogP) is 1.51. The molecule has 3 rings (SSSR count). The number of hydrogen-bond donors (Lipinski definition) is 0. The van der Waals surface area contributed by atoms with E-state index in [-0.39, 0.29) is 29.5 Å². The number of amides is 1. The van der Waals surface area contributed by atoms with Gasteiger partial charge in [0.2, 0.25) is 6.79 Å². The van der Waals surface area contributed by atoms with Crippen LogP contribution in [0.1, 0.15) is 10.4 Å². The lowest BCUT2D eigenvalue weighted by Gasteiger charge is -2.17. The first kappa shape index (κ1) is 11.8. The average molecular weight is 273 g/mol. The first-order valence-electron chi connectivity index (χ1n) is 5.23. The third kappa shape index (κ3) is 1.71. The molecule has 1 amide bonds. The number of Topliss-reactive ketones (excluding diaryl/α,β-unsaturated/α-hetero) is 1. The van der Waals surface area contributed by atoms with Crippen LogP contribution in [0.3, 0.4) is 0 Å². The largest absolute Gasteiger partial charge is 0.471 e. The van der Waals surface area contributed by atoms with Crippen LogP contribution in [0, 0.1) is 0 Å². The van der Waals surface area contributed by atoms with Crippen molar-refractivity contribution in [1.29, 1.82) is 0 Å². The van der Waals surface area contributed by atoms with Crippen LogP contribution >= 0.6 is 0 Å². The molecule has 100 valence electrons. The molecule has 0 unspecified atom stereocenters. The van der Waals surface area contributed by atoms with Gasteiger partial charge >= 0.3 is 12.1 Å². The summed E-state index contributed by atoms with van der Waals surface area (Å²) in [6.45, 7) is -0.698. The van der Waals surface area contributed by atoms with Crippen LogP contribution in [0.15, 0.2) is 12.1 Å². The highest BCUT2D eigenvalue weighted by Crippen LogP contribution is 2.42. The molecule has 8 heteroatoms. The van der Waals surface area contributed by atoms with Gasteiger partial charge in [0.05, 0.1) is 12.2 Å². The summed E-state index contributed by atoms with van der Waals surface area (Å²) in [6, 6.07) is 2.51. The number of fused-ring (bicyclic) bond motifs is 2. The summed E-state index contributed by atoms with van der Waals surface area (Å²) >= 11 is 0. The summed E-state index contributed by atoms with van der Waals surface area (Å²) in [5.74, 6) is -2.13. The molecule has 0 atom stereocenters. The number of rotatable bonds is 0. The Hall–Kier alpha value is -2.25. The number of anilines is 1. The SMILES string of the molecule is O=C1CN(C(=O)C(F)(F)F)c2cc3c(cc21)OCO3. The molecule has 0 aliphatic carbocycles. The molecule has 2 heterocycles. The quantitative estimate of drug-likeness (QED) is 0.719. The van der Waals surface area contributed by atoms with E-state index in [0.29, 0.717) is 4.90 Å². The number of carbonyl (C=O) groups excluding carboxylic acids is 2. The van der Waals surface area contributed by atoms with Crippen LogP contribution in [0.25, 0.3) is 0 Å². The van der Waals surface area contributed by atoms with E-state index in [1.54, 1.807) is 0 Å². The molecule has 1 aromatic rings. The van der Waals surface area contributed by atoms with Gasteiger partial charge in [-0.3, -0.25) is 14.5 Å². The van der Waals surface area contributed by atoms with Crippen molar-refractivity contribution in [1.82, 2.24) is 0 Å². The van der Waals surface area contributed by atoms with E-state index in [2.05, 4.69) is 0 Å². The van der Waals surface area contributed by atoms with Gasteiger partial charge in [-0.2, -0.15) is 13.2 Å². The van der Waals surface area contributed by atoms with Crippen molar-refractivity contribution >= 4 is 17.4 Å². The lowest BCUT2D eigenvalue weighted by molar-refractivity contribution is -0.170. The van der Waals surface area contributed by atoms with Crippen molar-refractivity contribution in [3.63, 3.8) is 0 Å². The zero-order chi connectivity index (χ0) is 13.8. The van der Waals surface area contributed by atoms with Crippen molar-refractivity contribution in [2.24, 2.45) is 0 Å². The number of halogens is 3. The van der Waals surface area contributed by atoms with Gasteiger partial charge in [-0.15, -0.1) is 0 Å². The molecule has 2 aliphatic heterocycles. The van der Waals surface area contributed by atoms with Gasteiger partial charge in [-0.25, -0.2) is 0 Å². The Labute approximate surface area is 104 Å². The van der Waals surface area contributed by atoms with Gasteiger partial charge in [0.1, 0.15) is 0 Å². The normalized spacial score (nSPS) is 16.8. The Balaban J connectivity index is 2.07. The lowest BCUT2D eigenvalue weighted by atomic mass is 10.1. The molecule has 0 spiro atoms. The molecule has 0 radical (unpaired) electrons. The zero-order valence-corrected chi connectivity index (χ0v) is 9.28. The summed E-state index contributed by atoms with van der Waals surface area (Å²) < 4.78 is 47.4. The molecular weight excluding hydrogens is 267 g/mol. The van der Waals surface area contributed by atoms with Crippen molar-refractivity contribution in [2.45, 2.75) is 6.18 Å². The third-order valence-corrected chi connectivity index (χ3v) is 2.87. The summed E-state index contributed by atoms with van der Waals surface area (Å²) in [5.41, 5.74) is -0.0709. The molecule has 5 nitrogen and oxygen atoms in total. The van der Waals surface area contributed by atoms with Gasteiger partial charge in [0.25, 0.3) is 0 Å². The van der Waals surface area contributed by atoms with E-state index in [4.69, 9.17) is 9.47 Å². The van der Waals surface area contributed by atoms with E-state index >= 15 is 0 Å². The Morgan fingerprint density at radius 1 is 1.21 bits per heavy atom. The standard InChI is InChI=1S/C11H6F3NO4/c12-11(13,14)10(17)15-3-7(16)5-1-8-9(2-6(5)15)19-4-18-8/h1-2H,3-4H2. The highest BCUT2D eigenvalue weighted by atomic mass is 19.4. The lowest BCUT2D eigenvalue weighted by Crippen LogP contribution is -2.40. The minimum atomic E-state index is -5.03. The molecule has 0 saturated carbocycles. The molecule has 0 aromatic heterocycles. The first-order chi connectivity index (χ1) is 8.88. The van der Waals surface area contributed by atoms with Gasteiger partial charge in [0, 0.05) is 11.6 Å². The van der Waals surface area contributed by atoms with Crippen LogP contribution in [0.5, 0.6) is 11.5 Å². The first-order valence-corrected chi connectivity index (χ1v) is 5.23. The summed E-state index contributed by atoms with van der Waals surface area (Å²) in [4.78, 5) is 23.3. The third-order valence-electron chi connectivity index (χ3n) is 2.87. The number of carbonyl (C=O) groups is 2. The highest BCUT2D eigenvalue weighted by Gasteiger charge is 2.47. The second kappa shape index (κ2) is 3.62. The smallest absolute Gasteiger partial charge is 0.454 e. The Morgan fingerprint density at radius 3 is 2.47 bits per heavy atom. The van der Waals surface area contributed by atoms with Crippen LogP contribution in [-0.2, 0) is 4.79 Å². The summed E-state index contributed by atoms with van der Waals surface area (Å²) in [7, 11) is 0. The number of nitrogens with zero attached hydrogens (tertiary/aromatic N) is 1. The number of benzene rings is 1. The Morgan fingerprint density at radius 2 is 1.84 bits per heavy atom. The summed E-state index contributed by atoms with van der Waals surface area (Å²) in [5, 5.41) is 0. The maximum atomic E-state index is 12.4. The monoisotopic (exact) mass is 273 g/mol. The molecule has 0 fully saturated rings. The van der Waals surface area contributed by atoms with Crippen molar-refractivity contribution in [2.75, 3.05) is 18.2 Å². The maximum Gasteiger partial charge on any atom is 0.471 e. The predicted molar refractivity (Wildman–Crippen MR) is 55.3 cm³/mol. The second-order valence-corrected chi connectivity index (χ2v) is 4.03. The van der Waals surface area contributed by atoms with Gasteiger partial charge in [-0.05, 0) is 6.07 Å². The van der Waals surface area contributed by atoms with Crippen LogP contribution < -0.4 is 14.4 Å². The van der Waals surface area contributed by atoms with Gasteiger partial charge < -0.3 is 9.47 Å². The maximum absolute atomic E-state index is 12.4. The molecular formula is C11H6F3NO4. The topological polar surface area (TPSA) is 55.8 Å². The number of hydrogen-bond acceptors (Lipinski definition) is 4. The van der Waals surface area contributed by atoms with Crippen LogP contribution in [-0.4, -0.2) is 31.2 Å². The molecule has 2 aliphatic rings. The molecule has 0 bridgehead atoms. The summed E-state index contributed by atoms with van der Waals surface area (Å²) in [6.07, 6.45) is -5.03. The van der Waals surface area contributed by atoms with E-state index < -0.39 is 24.4 Å². The Kier molecular flexibility index (Phi) is 2.25. The van der Waals surface area contributed by atoms with Crippen LogP contribution in [0.4, 0.5) is 18.9 Å². The molecule has 0 N–H and O–H groups in total. The molecule has 0 saturated heterocycles. The van der Waals surface area contributed by atoms with E-state index in [9.17, 15) is 22.8 Å². The molecule has 1 aromatic carbocycles. The zero-order valence-electron chi connectivity index (χ0n) is 9.28. The van der Waals surface area contributed by atoms with E-state index in [0.717, 1.165) is 0 Å². The number of ether oxygens (including phenoxy) is 2. The Bertz CT molecular complexity index is 596. The fourth-order valence-electron chi connectivity index (χ4n) is 2.03. The average Bonchev–Trinajstić information content (AvgIpc) is 2.90. The van der Waals surface area contributed by atoms with E-state index in [1.165, 1.54) is 12.1 Å². The van der Waals surface area contributed by atoms with Crippen molar-refractivity contribution in [3.8, 4) is 11.5 Å². The van der Waals surface area contributed by atoms with E-state index in [1.807, 2.05) is 0 Å². The number of alkyl halides is 3. The minimum absolute atomic E-state index is 0.0295. The van der Waals surface area contributed by atoms with Gasteiger partial charge in [-0.1, -0.05) is 0 Å². The highest BCUT2D eigenvalue weighted by molar-refractivity contribution is 6.17. The fraction of sp³-hybridized carbons (Fsp3) is 0.273. The second-order valence-electron chi connectivity index (χ2n) is 4.03. The van der Waals surface area contributed by atoms with Crippen molar-refractivity contribution < 1.29 is 32.2 Å². The molecule has 19 heavy (non-hydrogen) atoms. The van der Waals surface area contributed by atoms with Crippen molar-refractivity contribution in [3.05, 3.63) is 17.7 Å². The minimum Gasteiger partial charge on any atom is -0.454 e. The van der Waals surface area contributed by atoms with Gasteiger partial charge in [0.15, 0.2) is 17.3 Å². The van der Waals surface area contributed by atoms with Crippen LogP contribution in [0.2, 0.25) is 0 Å². The fourth-order valence-corrected chi connectivity index (χ4v) is 2.03.